The Kier molecular flexibility index (Phi) is 5.03. The van der Waals surface area contributed by atoms with Gasteiger partial charge < -0.3 is 5.32 Å². The highest BCUT2D eigenvalue weighted by molar-refractivity contribution is 9.10. The molecule has 0 saturated heterocycles. The van der Waals surface area contributed by atoms with Gasteiger partial charge in [0.15, 0.2) is 9.84 Å². The van der Waals surface area contributed by atoms with Crippen LogP contribution in [0.2, 0.25) is 5.02 Å². The van der Waals surface area contributed by atoms with E-state index >= 15 is 0 Å². The van der Waals surface area contributed by atoms with Crippen molar-refractivity contribution in [2.24, 2.45) is 0 Å². The molecule has 0 atom stereocenters. The Hall–Kier alpha value is -0.590. The molecule has 0 aliphatic heterocycles. The van der Waals surface area contributed by atoms with Crippen molar-refractivity contribution in [2.75, 3.05) is 12.8 Å². The first-order chi connectivity index (χ1) is 8.54. The maximum Gasteiger partial charge on any atom is 0.252 e. The van der Waals surface area contributed by atoms with Gasteiger partial charge in [-0.2, -0.15) is 0 Å². The molecule has 4 nitrogen and oxygen atoms in total. The molecule has 0 aliphatic rings. The van der Waals surface area contributed by atoms with Gasteiger partial charge in [0.05, 0.1) is 10.3 Å². The van der Waals surface area contributed by atoms with E-state index in [0.717, 1.165) is 6.26 Å². The molecule has 0 radical (unpaired) electrons. The highest BCUT2D eigenvalue weighted by atomic mass is 79.9. The van der Waals surface area contributed by atoms with E-state index in [1.807, 2.05) is 0 Å². The molecule has 7 heteroatoms. The molecule has 1 amide bonds. The van der Waals surface area contributed by atoms with Crippen molar-refractivity contribution in [3.8, 4) is 0 Å². The van der Waals surface area contributed by atoms with Gasteiger partial charge in [-0.1, -0.05) is 11.6 Å². The summed E-state index contributed by atoms with van der Waals surface area (Å²) < 4.78 is 22.7. The largest absolute Gasteiger partial charge is 0.350 e. The normalized spacial score (nSPS) is 12.3. The van der Waals surface area contributed by atoms with Crippen LogP contribution in [0.1, 0.15) is 24.2 Å². The molecule has 0 fully saturated rings. The van der Waals surface area contributed by atoms with Gasteiger partial charge in [-0.15, -0.1) is 0 Å². The lowest BCUT2D eigenvalue weighted by Gasteiger charge is -2.22. The third kappa shape index (κ3) is 4.19. The zero-order chi connectivity index (χ0) is 14.8. The second-order valence-electron chi connectivity index (χ2n) is 4.84. The lowest BCUT2D eigenvalue weighted by atomic mass is 10.2. The monoisotopic (exact) mass is 367 g/mol. The van der Waals surface area contributed by atoms with Crippen molar-refractivity contribution < 1.29 is 13.2 Å². The van der Waals surface area contributed by atoms with E-state index in [1.165, 1.54) is 6.07 Å². The van der Waals surface area contributed by atoms with Crippen molar-refractivity contribution in [1.82, 2.24) is 5.32 Å². The van der Waals surface area contributed by atoms with Crippen molar-refractivity contribution in [1.29, 1.82) is 0 Å². The summed E-state index contributed by atoms with van der Waals surface area (Å²) in [6.07, 6.45) is 1.15. The van der Waals surface area contributed by atoms with E-state index in [0.29, 0.717) is 15.1 Å². The number of sulfone groups is 1. The van der Waals surface area contributed by atoms with Crippen LogP contribution in [-0.4, -0.2) is 31.9 Å². The molecule has 1 aromatic rings. The quantitative estimate of drug-likeness (QED) is 0.888. The van der Waals surface area contributed by atoms with Crippen LogP contribution in [0, 0.1) is 0 Å². The number of halogens is 2. The maximum absolute atomic E-state index is 12.0. The number of nitrogens with one attached hydrogen (secondary N) is 1. The van der Waals surface area contributed by atoms with Crippen LogP contribution in [0.5, 0.6) is 0 Å². The Morgan fingerprint density at radius 1 is 1.42 bits per heavy atom. The molecular weight excluding hydrogens is 354 g/mol. The minimum atomic E-state index is -3.25. The third-order valence-electron chi connectivity index (χ3n) is 2.85. The first-order valence-electron chi connectivity index (χ1n) is 5.47. The molecule has 1 rings (SSSR count). The zero-order valence-corrected chi connectivity index (χ0v) is 14.0. The van der Waals surface area contributed by atoms with E-state index in [9.17, 15) is 13.2 Å². The van der Waals surface area contributed by atoms with E-state index < -0.39 is 14.6 Å². The summed E-state index contributed by atoms with van der Waals surface area (Å²) >= 11 is 9.08. The van der Waals surface area contributed by atoms with Gasteiger partial charge in [-0.3, -0.25) is 4.79 Å². The Balaban J connectivity index is 2.85. The summed E-state index contributed by atoms with van der Waals surface area (Å²) in [6.45, 7) is 3.16. The number of carbonyl (C=O) groups excluding carboxylic acids is 1. The van der Waals surface area contributed by atoms with Crippen molar-refractivity contribution in [2.45, 2.75) is 18.6 Å². The number of benzene rings is 1. The predicted molar refractivity (Wildman–Crippen MR) is 80.4 cm³/mol. The van der Waals surface area contributed by atoms with E-state index in [4.69, 9.17) is 11.6 Å². The van der Waals surface area contributed by atoms with Gasteiger partial charge in [0, 0.05) is 22.3 Å². The standard InChI is InChI=1S/C12H15BrClNO3S/c1-12(2,19(3,17)18)7-15-11(16)9-6-8(14)4-5-10(9)13/h4-6H,7H2,1-3H3,(H,15,16). The van der Waals surface area contributed by atoms with Crippen LogP contribution in [-0.2, 0) is 9.84 Å². The van der Waals surface area contributed by atoms with Crippen LogP contribution in [0.15, 0.2) is 22.7 Å². The molecule has 0 unspecified atom stereocenters. The minimum absolute atomic E-state index is 0.0314. The fourth-order valence-electron chi connectivity index (χ4n) is 1.19. The smallest absolute Gasteiger partial charge is 0.252 e. The molecule has 0 spiro atoms. The van der Waals surface area contributed by atoms with Gasteiger partial charge in [-0.05, 0) is 48.0 Å². The van der Waals surface area contributed by atoms with Crippen LogP contribution < -0.4 is 5.32 Å². The van der Waals surface area contributed by atoms with Crippen molar-refractivity contribution >= 4 is 43.3 Å². The number of hydrogen-bond donors (Lipinski definition) is 1. The molecule has 1 N–H and O–H groups in total. The van der Waals surface area contributed by atoms with Crippen molar-refractivity contribution in [3.63, 3.8) is 0 Å². The van der Waals surface area contributed by atoms with Gasteiger partial charge in [0.1, 0.15) is 0 Å². The minimum Gasteiger partial charge on any atom is -0.350 e. The van der Waals surface area contributed by atoms with E-state index in [2.05, 4.69) is 21.2 Å². The maximum atomic E-state index is 12.0. The SMILES string of the molecule is CC(C)(CNC(=O)c1cc(Cl)ccc1Br)S(C)(=O)=O. The highest BCUT2D eigenvalue weighted by Gasteiger charge is 2.30. The first kappa shape index (κ1) is 16.5. The van der Waals surface area contributed by atoms with Gasteiger partial charge in [0.2, 0.25) is 0 Å². The third-order valence-corrected chi connectivity index (χ3v) is 5.93. The van der Waals surface area contributed by atoms with Crippen LogP contribution in [0.25, 0.3) is 0 Å². The molecule has 1 aromatic carbocycles. The predicted octanol–water partition coefficient (Wildman–Crippen LogP) is 2.66. The molecule has 0 aromatic heterocycles. The van der Waals surface area contributed by atoms with Gasteiger partial charge >= 0.3 is 0 Å². The second-order valence-corrected chi connectivity index (χ2v) is 8.78. The Labute approximate surface area is 126 Å². The Morgan fingerprint density at radius 3 is 2.53 bits per heavy atom. The average molecular weight is 369 g/mol. The van der Waals surface area contributed by atoms with Crippen LogP contribution in [0.3, 0.4) is 0 Å². The number of rotatable bonds is 4. The Morgan fingerprint density at radius 2 is 2.00 bits per heavy atom. The van der Waals surface area contributed by atoms with E-state index in [-0.39, 0.29) is 12.5 Å². The fourth-order valence-corrected chi connectivity index (χ4v) is 2.12. The zero-order valence-electron chi connectivity index (χ0n) is 10.8. The number of carbonyl (C=O) groups is 1. The first-order valence-corrected chi connectivity index (χ1v) is 8.54. The summed E-state index contributed by atoms with van der Waals surface area (Å²) in [5.41, 5.74) is 0.372. The molecular formula is C12H15BrClNO3S. The fraction of sp³-hybridized carbons (Fsp3) is 0.417. The lowest BCUT2D eigenvalue weighted by Crippen LogP contribution is -2.43. The summed E-state index contributed by atoms with van der Waals surface area (Å²) in [5, 5.41) is 3.05. The molecule has 0 aliphatic carbocycles. The van der Waals surface area contributed by atoms with E-state index in [1.54, 1.807) is 26.0 Å². The summed E-state index contributed by atoms with van der Waals surface area (Å²) in [5.74, 6) is -0.369. The topological polar surface area (TPSA) is 63.2 Å². The molecule has 106 valence electrons. The molecule has 0 heterocycles. The second kappa shape index (κ2) is 5.81. The summed E-state index contributed by atoms with van der Waals surface area (Å²) in [7, 11) is -3.25. The van der Waals surface area contributed by atoms with Crippen LogP contribution >= 0.6 is 27.5 Å². The number of hydrogen-bond acceptors (Lipinski definition) is 3. The van der Waals surface area contributed by atoms with Crippen molar-refractivity contribution in [3.05, 3.63) is 33.3 Å². The molecule has 19 heavy (non-hydrogen) atoms. The Bertz CT molecular complexity index is 599. The average Bonchev–Trinajstić information content (AvgIpc) is 2.28. The van der Waals surface area contributed by atoms with Gasteiger partial charge in [-0.25, -0.2) is 8.42 Å². The number of amides is 1. The summed E-state index contributed by atoms with van der Waals surface area (Å²) in [6, 6.07) is 4.84. The lowest BCUT2D eigenvalue weighted by molar-refractivity contribution is 0.0950. The summed E-state index contributed by atoms with van der Waals surface area (Å²) in [4.78, 5) is 12.0. The molecule has 0 bridgehead atoms. The van der Waals surface area contributed by atoms with Crippen LogP contribution in [0.4, 0.5) is 0 Å². The molecule has 0 saturated carbocycles. The van der Waals surface area contributed by atoms with Gasteiger partial charge in [0.25, 0.3) is 5.91 Å². The highest BCUT2D eigenvalue weighted by Crippen LogP contribution is 2.21.